The lowest BCUT2D eigenvalue weighted by Gasteiger charge is -2.36. The molecule has 1 aliphatic rings. The molecule has 3 heteroatoms. The topological polar surface area (TPSA) is 6.48 Å². The molecular formula is C18H21ClN2. The van der Waals surface area contributed by atoms with E-state index < -0.39 is 0 Å². The number of benzene rings is 2. The third-order valence-electron chi connectivity index (χ3n) is 4.15. The third kappa shape index (κ3) is 3.58. The highest BCUT2D eigenvalue weighted by Gasteiger charge is 2.18. The third-order valence-corrected chi connectivity index (χ3v) is 4.40. The summed E-state index contributed by atoms with van der Waals surface area (Å²) in [5, 5.41) is 0.808. The normalized spacial score (nSPS) is 16.2. The fraction of sp³-hybridized carbons (Fsp3) is 0.333. The van der Waals surface area contributed by atoms with Gasteiger partial charge < -0.3 is 4.90 Å². The van der Waals surface area contributed by atoms with Crippen LogP contribution in [0.15, 0.2) is 48.5 Å². The molecule has 0 aromatic heterocycles. The second kappa shape index (κ2) is 6.50. The van der Waals surface area contributed by atoms with Crippen molar-refractivity contribution in [1.29, 1.82) is 0 Å². The van der Waals surface area contributed by atoms with Gasteiger partial charge in [0.05, 0.1) is 0 Å². The van der Waals surface area contributed by atoms with Gasteiger partial charge in [0.1, 0.15) is 0 Å². The van der Waals surface area contributed by atoms with Crippen LogP contribution in [0.5, 0.6) is 0 Å². The highest BCUT2D eigenvalue weighted by molar-refractivity contribution is 6.30. The molecule has 2 aromatic carbocycles. The SMILES string of the molecule is Cc1ccccc1N1CCN(Cc2ccc(Cl)cc2)CC1. The van der Waals surface area contributed by atoms with Gasteiger partial charge in [0.2, 0.25) is 0 Å². The lowest BCUT2D eigenvalue weighted by atomic mass is 10.1. The first kappa shape index (κ1) is 14.4. The Kier molecular flexibility index (Phi) is 4.47. The number of halogens is 1. The van der Waals surface area contributed by atoms with Gasteiger partial charge >= 0.3 is 0 Å². The van der Waals surface area contributed by atoms with Gasteiger partial charge in [-0.05, 0) is 36.2 Å². The zero-order valence-corrected chi connectivity index (χ0v) is 13.2. The van der Waals surface area contributed by atoms with Gasteiger partial charge in [0, 0.05) is 43.4 Å². The van der Waals surface area contributed by atoms with E-state index in [0.29, 0.717) is 0 Å². The summed E-state index contributed by atoms with van der Waals surface area (Å²) in [5.74, 6) is 0. The Hall–Kier alpha value is -1.51. The molecule has 110 valence electrons. The maximum absolute atomic E-state index is 5.94. The van der Waals surface area contributed by atoms with Crippen LogP contribution < -0.4 is 4.90 Å². The van der Waals surface area contributed by atoms with E-state index in [1.165, 1.54) is 16.8 Å². The van der Waals surface area contributed by atoms with E-state index in [1.54, 1.807) is 0 Å². The Morgan fingerprint density at radius 1 is 0.905 bits per heavy atom. The average molecular weight is 301 g/mol. The van der Waals surface area contributed by atoms with Gasteiger partial charge in [0.25, 0.3) is 0 Å². The molecule has 0 bridgehead atoms. The maximum Gasteiger partial charge on any atom is 0.0406 e. The van der Waals surface area contributed by atoms with Crippen molar-refractivity contribution >= 4 is 17.3 Å². The molecule has 0 N–H and O–H groups in total. The summed E-state index contributed by atoms with van der Waals surface area (Å²) in [6.45, 7) is 7.61. The molecular weight excluding hydrogens is 280 g/mol. The first-order valence-corrected chi connectivity index (χ1v) is 7.87. The Labute approximate surface area is 131 Å². The molecule has 1 aliphatic heterocycles. The summed E-state index contributed by atoms with van der Waals surface area (Å²) in [6.07, 6.45) is 0. The number of hydrogen-bond acceptors (Lipinski definition) is 2. The maximum atomic E-state index is 5.94. The molecule has 2 nitrogen and oxygen atoms in total. The molecule has 21 heavy (non-hydrogen) atoms. The fourth-order valence-electron chi connectivity index (χ4n) is 2.91. The predicted molar refractivity (Wildman–Crippen MR) is 90.1 cm³/mol. The summed E-state index contributed by atoms with van der Waals surface area (Å²) < 4.78 is 0. The Morgan fingerprint density at radius 2 is 1.57 bits per heavy atom. The number of hydrogen-bond donors (Lipinski definition) is 0. The smallest absolute Gasteiger partial charge is 0.0406 e. The van der Waals surface area contributed by atoms with Crippen LogP contribution in [0, 0.1) is 6.92 Å². The van der Waals surface area contributed by atoms with Crippen LogP contribution >= 0.6 is 11.6 Å². The van der Waals surface area contributed by atoms with Gasteiger partial charge in [-0.15, -0.1) is 0 Å². The minimum atomic E-state index is 0.808. The van der Waals surface area contributed by atoms with Crippen LogP contribution in [-0.4, -0.2) is 31.1 Å². The molecule has 0 aliphatic carbocycles. The van der Waals surface area contributed by atoms with Gasteiger partial charge in [-0.25, -0.2) is 0 Å². The van der Waals surface area contributed by atoms with E-state index in [1.807, 2.05) is 12.1 Å². The molecule has 1 heterocycles. The second-order valence-electron chi connectivity index (χ2n) is 5.68. The Morgan fingerprint density at radius 3 is 2.24 bits per heavy atom. The first-order valence-electron chi connectivity index (χ1n) is 7.50. The van der Waals surface area contributed by atoms with E-state index in [9.17, 15) is 0 Å². The van der Waals surface area contributed by atoms with Crippen molar-refractivity contribution in [3.8, 4) is 0 Å². The fourth-order valence-corrected chi connectivity index (χ4v) is 3.04. The van der Waals surface area contributed by atoms with Crippen molar-refractivity contribution < 1.29 is 0 Å². The molecule has 2 aromatic rings. The van der Waals surface area contributed by atoms with Gasteiger partial charge in [-0.3, -0.25) is 4.90 Å². The van der Waals surface area contributed by atoms with E-state index in [-0.39, 0.29) is 0 Å². The molecule has 0 atom stereocenters. The largest absolute Gasteiger partial charge is 0.369 e. The number of aryl methyl sites for hydroxylation is 1. The minimum absolute atomic E-state index is 0.808. The highest BCUT2D eigenvalue weighted by Crippen LogP contribution is 2.21. The molecule has 3 rings (SSSR count). The molecule has 0 radical (unpaired) electrons. The monoisotopic (exact) mass is 300 g/mol. The Balaban J connectivity index is 1.58. The lowest BCUT2D eigenvalue weighted by molar-refractivity contribution is 0.250. The minimum Gasteiger partial charge on any atom is -0.369 e. The van der Waals surface area contributed by atoms with Gasteiger partial charge in [0.15, 0.2) is 0 Å². The number of piperazine rings is 1. The van der Waals surface area contributed by atoms with Gasteiger partial charge in [-0.2, -0.15) is 0 Å². The quantitative estimate of drug-likeness (QED) is 0.846. The summed E-state index contributed by atoms with van der Waals surface area (Å²) in [4.78, 5) is 5.01. The lowest BCUT2D eigenvalue weighted by Crippen LogP contribution is -2.46. The van der Waals surface area contributed by atoms with E-state index >= 15 is 0 Å². The second-order valence-corrected chi connectivity index (χ2v) is 6.11. The van der Waals surface area contributed by atoms with Crippen LogP contribution in [0.4, 0.5) is 5.69 Å². The molecule has 0 saturated carbocycles. The first-order chi connectivity index (χ1) is 10.2. The van der Waals surface area contributed by atoms with Crippen LogP contribution in [0.2, 0.25) is 5.02 Å². The summed E-state index contributed by atoms with van der Waals surface area (Å²) >= 11 is 5.94. The standard InChI is InChI=1S/C18H21ClN2/c1-15-4-2-3-5-18(15)21-12-10-20(11-13-21)14-16-6-8-17(19)9-7-16/h2-9H,10-14H2,1H3. The van der Waals surface area contributed by atoms with Crippen molar-refractivity contribution in [3.63, 3.8) is 0 Å². The number of para-hydroxylation sites is 1. The zero-order chi connectivity index (χ0) is 14.7. The van der Waals surface area contributed by atoms with E-state index in [4.69, 9.17) is 11.6 Å². The van der Waals surface area contributed by atoms with Crippen molar-refractivity contribution in [1.82, 2.24) is 4.90 Å². The van der Waals surface area contributed by atoms with Crippen LogP contribution in [0.1, 0.15) is 11.1 Å². The number of anilines is 1. The van der Waals surface area contributed by atoms with Crippen LogP contribution in [-0.2, 0) is 6.54 Å². The van der Waals surface area contributed by atoms with Crippen LogP contribution in [0.3, 0.4) is 0 Å². The van der Waals surface area contributed by atoms with Crippen molar-refractivity contribution in [3.05, 3.63) is 64.7 Å². The zero-order valence-electron chi connectivity index (χ0n) is 12.4. The summed E-state index contributed by atoms with van der Waals surface area (Å²) in [6, 6.07) is 16.8. The van der Waals surface area contributed by atoms with Gasteiger partial charge in [-0.1, -0.05) is 41.9 Å². The van der Waals surface area contributed by atoms with Crippen molar-refractivity contribution in [2.45, 2.75) is 13.5 Å². The summed E-state index contributed by atoms with van der Waals surface area (Å²) in [7, 11) is 0. The Bertz CT molecular complexity index is 586. The summed E-state index contributed by atoms with van der Waals surface area (Å²) in [5.41, 5.74) is 4.08. The molecule has 0 spiro atoms. The predicted octanol–water partition coefficient (Wildman–Crippen LogP) is 3.97. The average Bonchev–Trinajstić information content (AvgIpc) is 2.51. The molecule has 0 amide bonds. The van der Waals surface area contributed by atoms with Crippen molar-refractivity contribution in [2.75, 3.05) is 31.1 Å². The van der Waals surface area contributed by atoms with E-state index in [2.05, 4.69) is 53.1 Å². The van der Waals surface area contributed by atoms with E-state index in [0.717, 1.165) is 37.7 Å². The highest BCUT2D eigenvalue weighted by atomic mass is 35.5. The number of rotatable bonds is 3. The molecule has 1 fully saturated rings. The molecule has 1 saturated heterocycles. The molecule has 0 unspecified atom stereocenters. The number of nitrogens with zero attached hydrogens (tertiary/aromatic N) is 2. The van der Waals surface area contributed by atoms with Crippen molar-refractivity contribution in [2.24, 2.45) is 0 Å². The van der Waals surface area contributed by atoms with Crippen LogP contribution in [0.25, 0.3) is 0 Å².